The Kier molecular flexibility index (Phi) is 3.63. The Morgan fingerprint density at radius 3 is 2.77 bits per heavy atom. The molecule has 2 aromatic heterocycles. The van der Waals surface area contributed by atoms with E-state index in [0.717, 1.165) is 11.2 Å². The number of benzene rings is 1. The minimum atomic E-state index is -0.459. The Balaban J connectivity index is 2.07. The van der Waals surface area contributed by atoms with Crippen molar-refractivity contribution >= 4 is 17.2 Å². The van der Waals surface area contributed by atoms with Gasteiger partial charge in [0.25, 0.3) is 5.91 Å². The molecule has 0 radical (unpaired) electrons. The average molecular weight is 297 g/mol. The van der Waals surface area contributed by atoms with E-state index in [1.54, 1.807) is 22.7 Å². The van der Waals surface area contributed by atoms with Gasteiger partial charge in [-0.1, -0.05) is 25.1 Å². The molecule has 2 heterocycles. The molecule has 5 heteroatoms. The van der Waals surface area contributed by atoms with Gasteiger partial charge in [-0.3, -0.25) is 9.20 Å². The van der Waals surface area contributed by atoms with Crippen LogP contribution in [0.2, 0.25) is 0 Å². The number of nitrogens with zero attached hydrogens (tertiary/aromatic N) is 2. The van der Waals surface area contributed by atoms with Crippen LogP contribution in [-0.4, -0.2) is 15.3 Å². The molecule has 0 spiro atoms. The fourth-order valence-corrected chi connectivity index (χ4v) is 2.48. The van der Waals surface area contributed by atoms with Gasteiger partial charge in [-0.15, -0.1) is 0 Å². The lowest BCUT2D eigenvalue weighted by Crippen LogP contribution is -2.17. The molecule has 1 aromatic carbocycles. The number of para-hydroxylation sites is 1. The van der Waals surface area contributed by atoms with Gasteiger partial charge < -0.3 is 5.32 Å². The fourth-order valence-electron chi connectivity index (χ4n) is 2.48. The lowest BCUT2D eigenvalue weighted by atomic mass is 10.2. The SMILES string of the molecule is CCc1nc2c(C)cccn2c1C(=O)Nc1ccccc1F. The average Bonchev–Trinajstić information content (AvgIpc) is 2.89. The van der Waals surface area contributed by atoms with Crippen LogP contribution in [0.5, 0.6) is 0 Å². The molecular weight excluding hydrogens is 281 g/mol. The number of hydrogen-bond acceptors (Lipinski definition) is 2. The van der Waals surface area contributed by atoms with Gasteiger partial charge in [-0.05, 0) is 37.1 Å². The number of carbonyl (C=O) groups is 1. The summed E-state index contributed by atoms with van der Waals surface area (Å²) in [6, 6.07) is 9.92. The molecule has 0 atom stereocenters. The predicted molar refractivity (Wildman–Crippen MR) is 83.7 cm³/mol. The second-order valence-electron chi connectivity index (χ2n) is 5.08. The van der Waals surface area contributed by atoms with Crippen LogP contribution in [0.1, 0.15) is 28.7 Å². The smallest absolute Gasteiger partial charge is 0.274 e. The number of anilines is 1. The lowest BCUT2D eigenvalue weighted by Gasteiger charge is -2.07. The minimum absolute atomic E-state index is 0.164. The molecular formula is C17H16FN3O. The Hall–Kier alpha value is -2.69. The number of amides is 1. The van der Waals surface area contributed by atoms with Gasteiger partial charge in [-0.2, -0.15) is 0 Å². The first-order valence-corrected chi connectivity index (χ1v) is 7.14. The third kappa shape index (κ3) is 2.35. The van der Waals surface area contributed by atoms with Gasteiger partial charge in [0.05, 0.1) is 11.4 Å². The van der Waals surface area contributed by atoms with Gasteiger partial charge >= 0.3 is 0 Å². The van der Waals surface area contributed by atoms with Gasteiger partial charge in [0.1, 0.15) is 17.2 Å². The van der Waals surface area contributed by atoms with E-state index in [0.29, 0.717) is 17.8 Å². The highest BCUT2D eigenvalue weighted by atomic mass is 19.1. The van der Waals surface area contributed by atoms with Gasteiger partial charge in [0.2, 0.25) is 0 Å². The van der Waals surface area contributed by atoms with Crippen molar-refractivity contribution in [2.45, 2.75) is 20.3 Å². The van der Waals surface area contributed by atoms with Crippen LogP contribution in [0.4, 0.5) is 10.1 Å². The van der Waals surface area contributed by atoms with E-state index < -0.39 is 5.82 Å². The maximum atomic E-state index is 13.7. The van der Waals surface area contributed by atoms with E-state index in [2.05, 4.69) is 10.3 Å². The van der Waals surface area contributed by atoms with Crippen molar-refractivity contribution in [2.24, 2.45) is 0 Å². The number of hydrogen-bond donors (Lipinski definition) is 1. The van der Waals surface area contributed by atoms with Crippen molar-refractivity contribution in [3.05, 3.63) is 65.4 Å². The summed E-state index contributed by atoms with van der Waals surface area (Å²) in [4.78, 5) is 17.1. The van der Waals surface area contributed by atoms with Crippen LogP contribution >= 0.6 is 0 Å². The largest absolute Gasteiger partial charge is 0.318 e. The number of halogens is 1. The van der Waals surface area contributed by atoms with Crippen molar-refractivity contribution in [1.29, 1.82) is 0 Å². The lowest BCUT2D eigenvalue weighted by molar-refractivity contribution is 0.102. The zero-order valence-corrected chi connectivity index (χ0v) is 12.4. The first-order valence-electron chi connectivity index (χ1n) is 7.14. The van der Waals surface area contributed by atoms with Gasteiger partial charge in [-0.25, -0.2) is 9.37 Å². The predicted octanol–water partition coefficient (Wildman–Crippen LogP) is 3.60. The number of aryl methyl sites for hydroxylation is 2. The Morgan fingerprint density at radius 2 is 2.05 bits per heavy atom. The van der Waals surface area contributed by atoms with E-state index in [-0.39, 0.29) is 11.6 Å². The summed E-state index contributed by atoms with van der Waals surface area (Å²) in [6.45, 7) is 3.89. The highest BCUT2D eigenvalue weighted by Gasteiger charge is 2.19. The molecule has 1 amide bonds. The number of nitrogens with one attached hydrogen (secondary N) is 1. The Labute approximate surface area is 127 Å². The standard InChI is InChI=1S/C17H16FN3O/c1-3-13-15(21-10-6-7-11(2)16(21)19-13)17(22)20-14-9-5-4-8-12(14)18/h4-10H,3H2,1-2H3,(H,20,22). The van der Waals surface area contributed by atoms with E-state index in [1.165, 1.54) is 12.1 Å². The topological polar surface area (TPSA) is 46.4 Å². The van der Waals surface area contributed by atoms with Crippen LogP contribution in [0, 0.1) is 12.7 Å². The first-order chi connectivity index (χ1) is 10.6. The third-order valence-corrected chi connectivity index (χ3v) is 3.59. The summed E-state index contributed by atoms with van der Waals surface area (Å²) < 4.78 is 15.5. The molecule has 0 saturated carbocycles. The monoisotopic (exact) mass is 297 g/mol. The molecule has 4 nitrogen and oxygen atoms in total. The van der Waals surface area contributed by atoms with E-state index in [1.807, 2.05) is 26.0 Å². The number of pyridine rings is 1. The molecule has 0 fully saturated rings. The summed E-state index contributed by atoms with van der Waals surface area (Å²) in [5.74, 6) is -0.820. The molecule has 0 aliphatic carbocycles. The summed E-state index contributed by atoms with van der Waals surface area (Å²) in [5, 5.41) is 2.62. The summed E-state index contributed by atoms with van der Waals surface area (Å²) in [6.07, 6.45) is 2.42. The Morgan fingerprint density at radius 1 is 1.27 bits per heavy atom. The van der Waals surface area contributed by atoms with Crippen LogP contribution in [0.3, 0.4) is 0 Å². The van der Waals surface area contributed by atoms with E-state index in [9.17, 15) is 9.18 Å². The van der Waals surface area contributed by atoms with Crippen molar-refractivity contribution in [3.8, 4) is 0 Å². The normalized spacial score (nSPS) is 10.9. The Bertz CT molecular complexity index is 854. The number of fused-ring (bicyclic) bond motifs is 1. The zero-order chi connectivity index (χ0) is 15.7. The van der Waals surface area contributed by atoms with Gasteiger partial charge in [0.15, 0.2) is 0 Å². The van der Waals surface area contributed by atoms with Crippen LogP contribution in [-0.2, 0) is 6.42 Å². The molecule has 0 unspecified atom stereocenters. The summed E-state index contributed by atoms with van der Waals surface area (Å²) in [5.41, 5.74) is 3.05. The fraction of sp³-hybridized carbons (Fsp3) is 0.176. The molecule has 0 bridgehead atoms. The maximum absolute atomic E-state index is 13.7. The van der Waals surface area contributed by atoms with E-state index >= 15 is 0 Å². The molecule has 3 aromatic rings. The number of carbonyl (C=O) groups excluding carboxylic acids is 1. The van der Waals surface area contributed by atoms with Crippen molar-refractivity contribution < 1.29 is 9.18 Å². The number of imidazole rings is 1. The van der Waals surface area contributed by atoms with Gasteiger partial charge in [0, 0.05) is 6.20 Å². The maximum Gasteiger partial charge on any atom is 0.274 e. The van der Waals surface area contributed by atoms with Crippen LogP contribution < -0.4 is 5.32 Å². The van der Waals surface area contributed by atoms with Crippen LogP contribution in [0.25, 0.3) is 5.65 Å². The quantitative estimate of drug-likeness (QED) is 0.803. The minimum Gasteiger partial charge on any atom is -0.318 e. The highest BCUT2D eigenvalue weighted by molar-refractivity contribution is 6.04. The van der Waals surface area contributed by atoms with Crippen LogP contribution in [0.15, 0.2) is 42.6 Å². The molecule has 0 aliphatic rings. The van der Waals surface area contributed by atoms with E-state index in [4.69, 9.17) is 0 Å². The van der Waals surface area contributed by atoms with Crippen molar-refractivity contribution in [3.63, 3.8) is 0 Å². The van der Waals surface area contributed by atoms with Crippen molar-refractivity contribution in [2.75, 3.05) is 5.32 Å². The highest BCUT2D eigenvalue weighted by Crippen LogP contribution is 2.19. The van der Waals surface area contributed by atoms with Crippen molar-refractivity contribution in [1.82, 2.24) is 9.38 Å². The first kappa shape index (κ1) is 14.3. The second-order valence-corrected chi connectivity index (χ2v) is 5.08. The summed E-state index contributed by atoms with van der Waals surface area (Å²) >= 11 is 0. The molecule has 22 heavy (non-hydrogen) atoms. The molecule has 112 valence electrons. The molecule has 0 saturated heterocycles. The second kappa shape index (κ2) is 5.60. The number of rotatable bonds is 3. The molecule has 1 N–H and O–H groups in total. The molecule has 3 rings (SSSR count). The zero-order valence-electron chi connectivity index (χ0n) is 12.4. The summed E-state index contributed by atoms with van der Waals surface area (Å²) in [7, 11) is 0. The molecule has 0 aliphatic heterocycles. The number of aromatic nitrogens is 2. The third-order valence-electron chi connectivity index (χ3n) is 3.59.